The number of β-lactam (4-membered cyclic amide) rings is 1. The van der Waals surface area contributed by atoms with Gasteiger partial charge < -0.3 is 10.2 Å². The van der Waals surface area contributed by atoms with Crippen molar-refractivity contribution >= 4 is 17.5 Å². The molecule has 1 aliphatic heterocycles. The molecule has 3 aliphatic carbocycles. The number of nitrogens with zero attached hydrogens (tertiary/aromatic N) is 2. The lowest BCUT2D eigenvalue weighted by Crippen LogP contribution is -2.66. The fourth-order valence-corrected chi connectivity index (χ4v) is 6.29. The summed E-state index contributed by atoms with van der Waals surface area (Å²) in [6, 6.07) is 5.75. The Kier molecular flexibility index (Phi) is 4.56. The van der Waals surface area contributed by atoms with Gasteiger partial charge in [-0.15, -0.1) is 0 Å². The van der Waals surface area contributed by atoms with Crippen molar-refractivity contribution in [2.24, 2.45) is 17.8 Å². The summed E-state index contributed by atoms with van der Waals surface area (Å²) in [6.45, 7) is 0. The third-order valence-electron chi connectivity index (χ3n) is 7.63. The monoisotopic (exact) mass is 397 g/mol. The van der Waals surface area contributed by atoms with Gasteiger partial charge >= 0.3 is 0 Å². The smallest absolute Gasteiger partial charge is 0.269 e. The molecule has 1 heterocycles. The maximum absolute atomic E-state index is 13.4. The zero-order valence-electron chi connectivity index (χ0n) is 16.5. The third kappa shape index (κ3) is 3.02. The van der Waals surface area contributed by atoms with Crippen molar-refractivity contribution in [2.45, 2.75) is 69.5 Å². The molecule has 2 bridgehead atoms. The molecule has 4 fully saturated rings. The van der Waals surface area contributed by atoms with E-state index in [-0.39, 0.29) is 35.5 Å². The van der Waals surface area contributed by atoms with Gasteiger partial charge in [-0.2, -0.15) is 0 Å². The molecule has 3 saturated carbocycles. The number of hydrogen-bond acceptors (Lipinski definition) is 4. The van der Waals surface area contributed by atoms with Crippen molar-refractivity contribution in [2.75, 3.05) is 0 Å². The number of carbonyl (C=O) groups is 2. The van der Waals surface area contributed by atoms with Crippen molar-refractivity contribution in [3.05, 3.63) is 39.9 Å². The first kappa shape index (κ1) is 18.6. The summed E-state index contributed by atoms with van der Waals surface area (Å²) in [5, 5.41) is 14.2. The van der Waals surface area contributed by atoms with E-state index in [1.165, 1.54) is 18.6 Å². The zero-order valence-corrected chi connectivity index (χ0v) is 16.5. The predicted octanol–water partition coefficient (Wildman–Crippen LogP) is 3.34. The Labute approximate surface area is 170 Å². The number of non-ortho nitro benzene ring substituents is 1. The van der Waals surface area contributed by atoms with Crippen LogP contribution in [0.5, 0.6) is 0 Å². The van der Waals surface area contributed by atoms with E-state index in [9.17, 15) is 19.7 Å². The van der Waals surface area contributed by atoms with Gasteiger partial charge in [-0.3, -0.25) is 19.7 Å². The number of nitro benzene ring substituents is 1. The van der Waals surface area contributed by atoms with Crippen LogP contribution in [0.25, 0.3) is 0 Å². The van der Waals surface area contributed by atoms with Crippen LogP contribution in [0.15, 0.2) is 24.3 Å². The topological polar surface area (TPSA) is 92.5 Å². The normalized spacial score (nSPS) is 31.9. The molecule has 0 radical (unpaired) electrons. The van der Waals surface area contributed by atoms with Crippen LogP contribution in [0.3, 0.4) is 0 Å². The van der Waals surface area contributed by atoms with Crippen molar-refractivity contribution in [1.29, 1.82) is 0 Å². The Morgan fingerprint density at radius 3 is 2.45 bits per heavy atom. The van der Waals surface area contributed by atoms with Crippen molar-refractivity contribution in [1.82, 2.24) is 10.2 Å². The van der Waals surface area contributed by atoms with E-state index >= 15 is 0 Å². The fraction of sp³-hybridized carbons (Fsp3) is 0.636. The van der Waals surface area contributed by atoms with Gasteiger partial charge in [-0.05, 0) is 61.6 Å². The largest absolute Gasteiger partial charge is 0.351 e. The summed E-state index contributed by atoms with van der Waals surface area (Å²) in [4.78, 5) is 38.8. The van der Waals surface area contributed by atoms with Gasteiger partial charge in [0.05, 0.1) is 10.8 Å². The van der Waals surface area contributed by atoms with Crippen LogP contribution in [0.4, 0.5) is 5.69 Å². The molecule has 1 N–H and O–H groups in total. The molecule has 1 unspecified atom stereocenters. The van der Waals surface area contributed by atoms with Crippen molar-refractivity contribution in [3.8, 4) is 0 Å². The van der Waals surface area contributed by atoms with Gasteiger partial charge in [0.1, 0.15) is 6.04 Å². The number of rotatable bonds is 5. The molecule has 29 heavy (non-hydrogen) atoms. The number of fused-ring (bicyclic) bond motifs is 5. The molecule has 4 aliphatic rings. The molecule has 2 amide bonds. The second kappa shape index (κ2) is 7.11. The molecule has 1 aromatic rings. The Hall–Kier alpha value is -2.44. The minimum absolute atomic E-state index is 0.00655. The van der Waals surface area contributed by atoms with Gasteiger partial charge in [-0.1, -0.05) is 19.3 Å². The second-order valence-corrected chi connectivity index (χ2v) is 9.19. The standard InChI is InChI=1S/C22H27N3O4/c26-21(23-16-4-2-1-3-5-16)20(13-8-10-17(11-9-13)25(28)29)24-19-15-7-6-14(12-15)18(19)22(24)27/h8-11,14-16,18-20H,1-7,12H2,(H,23,26)/t14-,15+,18+,19-,20?/m0/s1. The number of nitrogens with one attached hydrogen (secondary N) is 1. The predicted molar refractivity (Wildman–Crippen MR) is 106 cm³/mol. The lowest BCUT2D eigenvalue weighted by atomic mass is 9.74. The van der Waals surface area contributed by atoms with E-state index in [1.807, 2.05) is 0 Å². The van der Waals surface area contributed by atoms with Crippen LogP contribution in [0.1, 0.15) is 63.0 Å². The maximum Gasteiger partial charge on any atom is 0.269 e. The number of carbonyl (C=O) groups excluding carboxylic acids is 2. The lowest BCUT2D eigenvalue weighted by Gasteiger charge is -2.52. The van der Waals surface area contributed by atoms with E-state index in [1.54, 1.807) is 17.0 Å². The van der Waals surface area contributed by atoms with Gasteiger partial charge in [0.2, 0.25) is 11.8 Å². The quantitative estimate of drug-likeness (QED) is 0.468. The molecular weight excluding hydrogens is 370 g/mol. The van der Waals surface area contributed by atoms with E-state index < -0.39 is 11.0 Å². The third-order valence-corrected chi connectivity index (χ3v) is 7.63. The summed E-state index contributed by atoms with van der Waals surface area (Å²) in [7, 11) is 0. The minimum atomic E-state index is -0.689. The molecule has 154 valence electrons. The molecule has 0 spiro atoms. The molecular formula is C22H27N3O4. The van der Waals surface area contributed by atoms with Crippen LogP contribution in [-0.2, 0) is 9.59 Å². The van der Waals surface area contributed by atoms with E-state index in [2.05, 4.69) is 5.32 Å². The number of amides is 2. The van der Waals surface area contributed by atoms with Crippen LogP contribution in [-0.4, -0.2) is 33.7 Å². The summed E-state index contributed by atoms with van der Waals surface area (Å²) < 4.78 is 0. The first-order chi connectivity index (χ1) is 14.0. The average Bonchev–Trinajstić information content (AvgIpc) is 3.31. The Morgan fingerprint density at radius 1 is 1.07 bits per heavy atom. The van der Waals surface area contributed by atoms with Crippen molar-refractivity contribution < 1.29 is 14.5 Å². The van der Waals surface area contributed by atoms with Crippen LogP contribution in [0.2, 0.25) is 0 Å². The highest BCUT2D eigenvalue weighted by Crippen LogP contribution is 2.58. The molecule has 0 aromatic heterocycles. The molecule has 5 rings (SSSR count). The SMILES string of the molecule is O=C(NC1CCCCC1)C(c1ccc([N+](=O)[O-])cc1)N1C(=O)[C@@H]2[C@H]3CC[C@H](C3)[C@@H]21. The van der Waals surface area contributed by atoms with Crippen LogP contribution < -0.4 is 5.32 Å². The highest BCUT2D eigenvalue weighted by Gasteiger charge is 2.64. The number of nitro groups is 1. The minimum Gasteiger partial charge on any atom is -0.351 e. The first-order valence-corrected chi connectivity index (χ1v) is 10.9. The maximum atomic E-state index is 13.4. The lowest BCUT2D eigenvalue weighted by molar-refractivity contribution is -0.384. The van der Waals surface area contributed by atoms with Crippen molar-refractivity contribution in [3.63, 3.8) is 0 Å². The number of hydrogen-bond donors (Lipinski definition) is 1. The van der Waals surface area contributed by atoms with E-state index in [0.29, 0.717) is 17.4 Å². The van der Waals surface area contributed by atoms with Gasteiger partial charge in [0.15, 0.2) is 0 Å². The van der Waals surface area contributed by atoms with Crippen LogP contribution >= 0.6 is 0 Å². The summed E-state index contributed by atoms with van der Waals surface area (Å²) >= 11 is 0. The van der Waals surface area contributed by atoms with E-state index in [0.717, 1.165) is 44.9 Å². The number of likely N-dealkylation sites (tertiary alicyclic amines) is 1. The molecule has 1 aromatic carbocycles. The Bertz CT molecular complexity index is 833. The Morgan fingerprint density at radius 2 is 1.76 bits per heavy atom. The molecule has 1 saturated heterocycles. The fourth-order valence-electron chi connectivity index (χ4n) is 6.29. The average molecular weight is 397 g/mol. The zero-order chi connectivity index (χ0) is 20.1. The first-order valence-electron chi connectivity index (χ1n) is 10.9. The summed E-state index contributed by atoms with van der Waals surface area (Å²) in [6.07, 6.45) is 8.74. The molecule has 5 atom stereocenters. The van der Waals surface area contributed by atoms with Gasteiger partial charge in [0, 0.05) is 24.2 Å². The summed E-state index contributed by atoms with van der Waals surface area (Å²) in [5.41, 5.74) is 0.659. The Balaban J connectivity index is 1.43. The highest BCUT2D eigenvalue weighted by molar-refractivity contribution is 5.94. The van der Waals surface area contributed by atoms with Gasteiger partial charge in [0.25, 0.3) is 5.69 Å². The summed E-state index contributed by atoms with van der Waals surface area (Å²) in [5.74, 6) is 1.000. The highest BCUT2D eigenvalue weighted by atomic mass is 16.6. The van der Waals surface area contributed by atoms with Crippen LogP contribution in [0, 0.1) is 27.9 Å². The molecule has 7 nitrogen and oxygen atoms in total. The van der Waals surface area contributed by atoms with Gasteiger partial charge in [-0.25, -0.2) is 0 Å². The second-order valence-electron chi connectivity index (χ2n) is 9.19. The molecule has 7 heteroatoms. The van der Waals surface area contributed by atoms with E-state index in [4.69, 9.17) is 0 Å². The number of benzene rings is 1.